The van der Waals surface area contributed by atoms with Crippen LogP contribution in [0.25, 0.3) is 0 Å². The largest absolute Gasteiger partial charge is 0.352 e. The zero-order valence-corrected chi connectivity index (χ0v) is 11.8. The Balaban J connectivity index is 2.01. The highest BCUT2D eigenvalue weighted by Gasteiger charge is 2.06. The number of nitrogens with zero attached hydrogens (tertiary/aromatic N) is 1. The number of amides is 2. The van der Waals surface area contributed by atoms with E-state index in [0.29, 0.717) is 24.2 Å². The van der Waals surface area contributed by atoms with Gasteiger partial charge in [0.1, 0.15) is 0 Å². The van der Waals surface area contributed by atoms with Crippen LogP contribution in [0, 0.1) is 0 Å². The lowest BCUT2D eigenvalue weighted by molar-refractivity contribution is -0.120. The first-order chi connectivity index (χ1) is 10.2. The summed E-state index contributed by atoms with van der Waals surface area (Å²) in [7, 11) is 0. The van der Waals surface area contributed by atoms with Gasteiger partial charge in [0.2, 0.25) is 5.91 Å². The minimum atomic E-state index is -0.210. The minimum absolute atomic E-state index is 0.000187. The molecule has 1 aromatic carbocycles. The van der Waals surface area contributed by atoms with Gasteiger partial charge in [0.05, 0.1) is 5.56 Å². The Bertz CT molecular complexity index is 626. The molecule has 2 rings (SSSR count). The maximum absolute atomic E-state index is 12.0. The van der Waals surface area contributed by atoms with Crippen molar-refractivity contribution >= 4 is 17.5 Å². The number of carbonyl (C=O) groups excluding carboxylic acids is 2. The molecule has 0 aliphatic rings. The molecule has 0 atom stereocenters. The number of pyridine rings is 1. The molecular formula is C16H17N3O2. The Morgan fingerprint density at radius 1 is 1.19 bits per heavy atom. The molecule has 0 saturated carbocycles. The third kappa shape index (κ3) is 4.42. The summed E-state index contributed by atoms with van der Waals surface area (Å²) in [6.45, 7) is 2.25. The molecule has 0 unspecified atom stereocenters. The van der Waals surface area contributed by atoms with Crippen molar-refractivity contribution in [1.29, 1.82) is 0 Å². The molecule has 1 heterocycles. The van der Waals surface area contributed by atoms with Crippen LogP contribution in [0.4, 0.5) is 5.69 Å². The molecule has 5 nitrogen and oxygen atoms in total. The van der Waals surface area contributed by atoms with Crippen molar-refractivity contribution < 1.29 is 9.59 Å². The Hall–Kier alpha value is -2.69. The molecule has 0 radical (unpaired) electrons. The number of anilines is 1. The Morgan fingerprint density at radius 2 is 2.05 bits per heavy atom. The van der Waals surface area contributed by atoms with Gasteiger partial charge in [-0.3, -0.25) is 14.6 Å². The van der Waals surface area contributed by atoms with E-state index in [2.05, 4.69) is 15.6 Å². The molecule has 0 bridgehead atoms. The summed E-state index contributed by atoms with van der Waals surface area (Å²) >= 11 is 0. The second kappa shape index (κ2) is 7.19. The first kappa shape index (κ1) is 14.7. The first-order valence-electron chi connectivity index (χ1n) is 6.76. The molecule has 108 valence electrons. The van der Waals surface area contributed by atoms with Gasteiger partial charge in [0, 0.05) is 31.0 Å². The molecule has 0 aliphatic carbocycles. The van der Waals surface area contributed by atoms with Crippen LogP contribution in [0.1, 0.15) is 29.3 Å². The minimum Gasteiger partial charge on any atom is -0.352 e. The van der Waals surface area contributed by atoms with Crippen molar-refractivity contribution in [2.75, 3.05) is 5.32 Å². The van der Waals surface area contributed by atoms with Crippen LogP contribution in [0.3, 0.4) is 0 Å². The molecule has 0 spiro atoms. The highest BCUT2D eigenvalue weighted by molar-refractivity contribution is 6.04. The topological polar surface area (TPSA) is 71.1 Å². The fourth-order valence-electron chi connectivity index (χ4n) is 1.79. The van der Waals surface area contributed by atoms with Crippen LogP contribution in [0.2, 0.25) is 0 Å². The van der Waals surface area contributed by atoms with E-state index >= 15 is 0 Å². The van der Waals surface area contributed by atoms with Gasteiger partial charge >= 0.3 is 0 Å². The summed E-state index contributed by atoms with van der Waals surface area (Å²) in [5, 5.41) is 5.61. The normalized spacial score (nSPS) is 9.95. The number of hydrogen-bond donors (Lipinski definition) is 2. The van der Waals surface area contributed by atoms with Gasteiger partial charge in [-0.25, -0.2) is 0 Å². The van der Waals surface area contributed by atoms with Crippen molar-refractivity contribution in [1.82, 2.24) is 10.3 Å². The average molecular weight is 283 g/mol. The van der Waals surface area contributed by atoms with E-state index in [1.807, 2.05) is 18.2 Å². The summed E-state index contributed by atoms with van der Waals surface area (Å²) in [6, 6.07) is 10.8. The average Bonchev–Trinajstić information content (AvgIpc) is 2.53. The van der Waals surface area contributed by atoms with Gasteiger partial charge in [-0.05, 0) is 29.8 Å². The van der Waals surface area contributed by atoms with Gasteiger partial charge < -0.3 is 10.6 Å². The monoisotopic (exact) mass is 283 g/mol. The molecule has 2 N–H and O–H groups in total. The summed E-state index contributed by atoms with van der Waals surface area (Å²) in [5.74, 6) is -0.211. The van der Waals surface area contributed by atoms with E-state index in [-0.39, 0.29) is 11.8 Å². The van der Waals surface area contributed by atoms with Crippen LogP contribution < -0.4 is 10.6 Å². The zero-order valence-electron chi connectivity index (χ0n) is 11.8. The van der Waals surface area contributed by atoms with E-state index in [4.69, 9.17) is 0 Å². The predicted molar refractivity (Wildman–Crippen MR) is 80.8 cm³/mol. The maximum Gasteiger partial charge on any atom is 0.257 e. The highest BCUT2D eigenvalue weighted by atomic mass is 16.2. The fourth-order valence-corrected chi connectivity index (χ4v) is 1.79. The lowest BCUT2D eigenvalue weighted by atomic mass is 10.2. The fraction of sp³-hybridized carbons (Fsp3) is 0.188. The second-order valence-corrected chi connectivity index (χ2v) is 4.53. The van der Waals surface area contributed by atoms with E-state index in [9.17, 15) is 9.59 Å². The van der Waals surface area contributed by atoms with Crippen LogP contribution >= 0.6 is 0 Å². The number of aromatic nitrogens is 1. The van der Waals surface area contributed by atoms with E-state index in [1.165, 1.54) is 6.20 Å². The lowest BCUT2D eigenvalue weighted by Gasteiger charge is -2.08. The van der Waals surface area contributed by atoms with Gasteiger partial charge in [-0.1, -0.05) is 19.1 Å². The lowest BCUT2D eigenvalue weighted by Crippen LogP contribution is -2.21. The third-order valence-corrected chi connectivity index (χ3v) is 2.92. The van der Waals surface area contributed by atoms with Crippen molar-refractivity contribution in [3.63, 3.8) is 0 Å². The van der Waals surface area contributed by atoms with Crippen LogP contribution in [0.15, 0.2) is 48.8 Å². The molecule has 0 saturated heterocycles. The van der Waals surface area contributed by atoms with Crippen LogP contribution in [0.5, 0.6) is 0 Å². The predicted octanol–water partition coefficient (Wildman–Crippen LogP) is 2.36. The van der Waals surface area contributed by atoms with E-state index in [1.54, 1.807) is 31.3 Å². The number of nitrogens with one attached hydrogen (secondary N) is 2. The summed E-state index contributed by atoms with van der Waals surface area (Å²) in [5.41, 5.74) is 2.12. The van der Waals surface area contributed by atoms with Crippen molar-refractivity contribution in [3.8, 4) is 0 Å². The molecule has 1 aromatic heterocycles. The Morgan fingerprint density at radius 3 is 2.76 bits per heavy atom. The number of hydrogen-bond acceptors (Lipinski definition) is 3. The number of rotatable bonds is 5. The zero-order chi connectivity index (χ0) is 15.1. The smallest absolute Gasteiger partial charge is 0.257 e. The first-order valence-corrected chi connectivity index (χ1v) is 6.76. The Labute approximate surface area is 123 Å². The van der Waals surface area contributed by atoms with Gasteiger partial charge in [0.25, 0.3) is 5.91 Å². The van der Waals surface area contributed by atoms with Crippen molar-refractivity contribution in [2.45, 2.75) is 19.9 Å². The summed E-state index contributed by atoms with van der Waals surface area (Å²) in [6.07, 6.45) is 3.59. The van der Waals surface area contributed by atoms with Gasteiger partial charge in [0.15, 0.2) is 0 Å². The second-order valence-electron chi connectivity index (χ2n) is 4.53. The molecule has 2 amide bonds. The van der Waals surface area contributed by atoms with Gasteiger partial charge in [-0.15, -0.1) is 0 Å². The van der Waals surface area contributed by atoms with Crippen molar-refractivity contribution in [3.05, 3.63) is 59.9 Å². The Kier molecular flexibility index (Phi) is 5.04. The molecule has 2 aromatic rings. The van der Waals surface area contributed by atoms with Crippen molar-refractivity contribution in [2.24, 2.45) is 0 Å². The van der Waals surface area contributed by atoms with Gasteiger partial charge in [-0.2, -0.15) is 0 Å². The number of carbonyl (C=O) groups is 2. The van der Waals surface area contributed by atoms with Crippen LogP contribution in [-0.4, -0.2) is 16.8 Å². The molecular weight excluding hydrogens is 266 g/mol. The third-order valence-electron chi connectivity index (χ3n) is 2.92. The molecule has 21 heavy (non-hydrogen) atoms. The van der Waals surface area contributed by atoms with Crippen LogP contribution in [-0.2, 0) is 11.3 Å². The number of benzene rings is 1. The standard InChI is InChI=1S/C16H17N3O2/c1-2-15(20)18-10-12-5-3-7-14(9-12)19-16(21)13-6-4-8-17-11-13/h3-9,11H,2,10H2,1H3,(H,18,20)(H,19,21). The van der Waals surface area contributed by atoms with E-state index < -0.39 is 0 Å². The highest BCUT2D eigenvalue weighted by Crippen LogP contribution is 2.12. The summed E-state index contributed by atoms with van der Waals surface area (Å²) in [4.78, 5) is 27.2. The SMILES string of the molecule is CCC(=O)NCc1cccc(NC(=O)c2cccnc2)c1. The molecule has 5 heteroatoms. The summed E-state index contributed by atoms with van der Waals surface area (Å²) < 4.78 is 0. The molecule has 0 aliphatic heterocycles. The van der Waals surface area contributed by atoms with E-state index in [0.717, 1.165) is 5.56 Å². The maximum atomic E-state index is 12.0. The quantitative estimate of drug-likeness (QED) is 0.885. The molecule has 0 fully saturated rings.